The van der Waals surface area contributed by atoms with Crippen molar-refractivity contribution >= 4 is 16.0 Å². The smallest absolute Gasteiger partial charge is 0.325 e. The number of carbonyl (C=O) groups is 1. The van der Waals surface area contributed by atoms with Crippen LogP contribution < -0.4 is 0 Å². The minimum absolute atomic E-state index is 0.0385. The number of nitrogens with zero attached hydrogens (tertiary/aromatic N) is 3. The Hall–Kier alpha value is -1.41. The van der Waals surface area contributed by atoms with Crippen LogP contribution in [0.2, 0.25) is 0 Å². The molecule has 0 radical (unpaired) electrons. The molecular formula is C13H21N3O4S. The maximum atomic E-state index is 12.7. The van der Waals surface area contributed by atoms with E-state index < -0.39 is 16.0 Å². The van der Waals surface area contributed by atoms with Crippen molar-refractivity contribution < 1.29 is 18.3 Å². The summed E-state index contributed by atoms with van der Waals surface area (Å²) in [6.45, 7) is 2.23. The van der Waals surface area contributed by atoms with Crippen LogP contribution >= 0.6 is 0 Å². The number of sulfonamides is 1. The summed E-state index contributed by atoms with van der Waals surface area (Å²) in [6.07, 6.45) is 7.11. The number of carboxylic acids is 1. The lowest BCUT2D eigenvalue weighted by molar-refractivity contribution is -0.137. The monoisotopic (exact) mass is 315 g/mol. The van der Waals surface area contributed by atoms with Gasteiger partial charge in [-0.2, -0.15) is 9.40 Å². The summed E-state index contributed by atoms with van der Waals surface area (Å²) in [4.78, 5) is 10.7. The maximum Gasteiger partial charge on any atom is 0.325 e. The van der Waals surface area contributed by atoms with Crippen molar-refractivity contribution in [1.29, 1.82) is 0 Å². The number of aliphatic carboxylic acids is 1. The van der Waals surface area contributed by atoms with Crippen LogP contribution in [0.3, 0.4) is 0 Å². The number of aromatic nitrogens is 2. The Morgan fingerprint density at radius 1 is 1.48 bits per heavy atom. The summed E-state index contributed by atoms with van der Waals surface area (Å²) in [5.41, 5.74) is 0. The third kappa shape index (κ3) is 3.62. The molecule has 1 aliphatic rings. The number of piperidine rings is 1. The SMILES string of the molecule is CCCC1CCCCN1S(=O)(=O)c1cnn(CC(=O)O)c1. The second kappa shape index (κ2) is 6.57. The number of rotatable bonds is 6. The predicted octanol–water partition coefficient (Wildman–Crippen LogP) is 1.31. The van der Waals surface area contributed by atoms with Gasteiger partial charge in [0.2, 0.25) is 10.0 Å². The van der Waals surface area contributed by atoms with Crippen LogP contribution in [-0.4, -0.2) is 46.2 Å². The van der Waals surface area contributed by atoms with Gasteiger partial charge in [-0.25, -0.2) is 8.42 Å². The van der Waals surface area contributed by atoms with Crippen molar-refractivity contribution in [3.63, 3.8) is 0 Å². The van der Waals surface area contributed by atoms with Gasteiger partial charge in [0.05, 0.1) is 6.20 Å². The van der Waals surface area contributed by atoms with E-state index in [0.29, 0.717) is 6.54 Å². The van der Waals surface area contributed by atoms with E-state index >= 15 is 0 Å². The zero-order valence-corrected chi connectivity index (χ0v) is 12.9. The van der Waals surface area contributed by atoms with Crippen molar-refractivity contribution in [2.24, 2.45) is 0 Å². The van der Waals surface area contributed by atoms with E-state index in [2.05, 4.69) is 5.10 Å². The van der Waals surface area contributed by atoms with Gasteiger partial charge in [-0.15, -0.1) is 0 Å². The van der Waals surface area contributed by atoms with Crippen LogP contribution in [0.25, 0.3) is 0 Å². The van der Waals surface area contributed by atoms with Gasteiger partial charge in [0.15, 0.2) is 0 Å². The standard InChI is InChI=1S/C13H21N3O4S/c1-2-5-11-6-3-4-7-16(11)21(19,20)12-8-14-15(9-12)10-13(17)18/h8-9,11H,2-7,10H2,1H3,(H,17,18). The second-order valence-electron chi connectivity index (χ2n) is 5.32. The first-order valence-electron chi connectivity index (χ1n) is 7.21. The molecule has 1 fully saturated rings. The minimum atomic E-state index is -3.59. The van der Waals surface area contributed by atoms with E-state index in [1.54, 1.807) is 4.31 Å². The summed E-state index contributed by atoms with van der Waals surface area (Å²) < 4.78 is 28.1. The predicted molar refractivity (Wildman–Crippen MR) is 76.3 cm³/mol. The van der Waals surface area contributed by atoms with Crippen molar-refractivity contribution in [3.8, 4) is 0 Å². The van der Waals surface area contributed by atoms with Crippen LogP contribution in [-0.2, 0) is 21.4 Å². The molecule has 8 heteroatoms. The zero-order valence-electron chi connectivity index (χ0n) is 12.1. The van der Waals surface area contributed by atoms with Crippen LogP contribution in [0, 0.1) is 0 Å². The Balaban J connectivity index is 2.23. The van der Waals surface area contributed by atoms with Gasteiger partial charge in [-0.1, -0.05) is 19.8 Å². The molecule has 0 aliphatic carbocycles. The third-order valence-corrected chi connectivity index (χ3v) is 5.61. The molecule has 1 aliphatic heterocycles. The van der Waals surface area contributed by atoms with Gasteiger partial charge >= 0.3 is 5.97 Å². The third-order valence-electron chi connectivity index (χ3n) is 3.71. The van der Waals surface area contributed by atoms with E-state index in [0.717, 1.165) is 36.8 Å². The molecule has 1 aromatic rings. The summed E-state index contributed by atoms with van der Waals surface area (Å²) in [5.74, 6) is -1.05. The van der Waals surface area contributed by atoms with Gasteiger partial charge in [0.25, 0.3) is 0 Å². The molecule has 2 heterocycles. The van der Waals surface area contributed by atoms with Crippen molar-refractivity contribution in [3.05, 3.63) is 12.4 Å². The van der Waals surface area contributed by atoms with Crippen LogP contribution in [0.4, 0.5) is 0 Å². The number of hydrogen-bond donors (Lipinski definition) is 1. The average molecular weight is 315 g/mol. The molecule has 0 bridgehead atoms. The highest BCUT2D eigenvalue weighted by Crippen LogP contribution is 2.27. The highest BCUT2D eigenvalue weighted by atomic mass is 32.2. The molecule has 0 saturated carbocycles. The Bertz CT molecular complexity index is 594. The fourth-order valence-electron chi connectivity index (χ4n) is 2.75. The van der Waals surface area contributed by atoms with Crippen molar-refractivity contribution in [1.82, 2.24) is 14.1 Å². The molecule has 1 aromatic heterocycles. The van der Waals surface area contributed by atoms with Gasteiger partial charge in [-0.05, 0) is 19.3 Å². The van der Waals surface area contributed by atoms with Gasteiger partial charge in [-0.3, -0.25) is 9.48 Å². The fraction of sp³-hybridized carbons (Fsp3) is 0.692. The Morgan fingerprint density at radius 3 is 2.90 bits per heavy atom. The Morgan fingerprint density at radius 2 is 2.24 bits per heavy atom. The molecule has 1 N–H and O–H groups in total. The average Bonchev–Trinajstić information content (AvgIpc) is 2.88. The van der Waals surface area contributed by atoms with E-state index in [1.165, 1.54) is 12.4 Å². The zero-order chi connectivity index (χ0) is 15.5. The lowest BCUT2D eigenvalue weighted by Gasteiger charge is -2.34. The Labute approximate surface area is 124 Å². The summed E-state index contributed by atoms with van der Waals surface area (Å²) >= 11 is 0. The van der Waals surface area contributed by atoms with E-state index in [4.69, 9.17) is 5.11 Å². The molecule has 1 saturated heterocycles. The first-order valence-corrected chi connectivity index (χ1v) is 8.65. The van der Waals surface area contributed by atoms with Crippen LogP contribution in [0.15, 0.2) is 17.3 Å². The molecule has 7 nitrogen and oxygen atoms in total. The van der Waals surface area contributed by atoms with Crippen molar-refractivity contribution in [2.45, 2.75) is 56.5 Å². The van der Waals surface area contributed by atoms with Crippen LogP contribution in [0.1, 0.15) is 39.0 Å². The Kier molecular flexibility index (Phi) is 5.00. The van der Waals surface area contributed by atoms with Crippen LogP contribution in [0.5, 0.6) is 0 Å². The highest BCUT2D eigenvalue weighted by molar-refractivity contribution is 7.89. The molecule has 1 atom stereocenters. The summed E-state index contributed by atoms with van der Waals surface area (Å²) in [5, 5.41) is 12.5. The minimum Gasteiger partial charge on any atom is -0.480 e. The largest absolute Gasteiger partial charge is 0.480 e. The topological polar surface area (TPSA) is 92.5 Å². The molecule has 0 amide bonds. The maximum absolute atomic E-state index is 12.7. The quantitative estimate of drug-likeness (QED) is 0.854. The van der Waals surface area contributed by atoms with E-state index in [1.807, 2.05) is 6.92 Å². The lowest BCUT2D eigenvalue weighted by atomic mass is 10.0. The highest BCUT2D eigenvalue weighted by Gasteiger charge is 2.33. The normalized spacial score (nSPS) is 20.5. The fourth-order valence-corrected chi connectivity index (χ4v) is 4.43. The summed E-state index contributed by atoms with van der Waals surface area (Å²) in [6, 6.07) is 0.0385. The molecule has 1 unspecified atom stereocenters. The van der Waals surface area contributed by atoms with Gasteiger partial charge < -0.3 is 5.11 Å². The van der Waals surface area contributed by atoms with E-state index in [-0.39, 0.29) is 17.5 Å². The molecule has 0 aromatic carbocycles. The first-order chi connectivity index (χ1) is 9.95. The molecule has 21 heavy (non-hydrogen) atoms. The van der Waals surface area contributed by atoms with Gasteiger partial charge in [0.1, 0.15) is 11.4 Å². The molecular weight excluding hydrogens is 294 g/mol. The first kappa shape index (κ1) is 16.0. The van der Waals surface area contributed by atoms with E-state index in [9.17, 15) is 13.2 Å². The molecule has 0 spiro atoms. The molecule has 2 rings (SSSR count). The number of hydrogen-bond acceptors (Lipinski definition) is 4. The summed E-state index contributed by atoms with van der Waals surface area (Å²) in [7, 11) is -3.59. The van der Waals surface area contributed by atoms with Gasteiger partial charge in [0, 0.05) is 18.8 Å². The second-order valence-corrected chi connectivity index (χ2v) is 7.21. The van der Waals surface area contributed by atoms with Crippen molar-refractivity contribution in [2.75, 3.05) is 6.54 Å². The molecule has 118 valence electrons. The number of carboxylic acid groups (broad SMARTS) is 1. The lowest BCUT2D eigenvalue weighted by Crippen LogP contribution is -2.43.